The molecule has 1 nitrogen and oxygen atoms in total. The minimum absolute atomic E-state index is 0.171. The Kier molecular flexibility index (Phi) is 5.06. The molecule has 0 heterocycles. The number of rotatable bonds is 5. The molecule has 0 aliphatic heterocycles. The Balaban J connectivity index is 2.61. The Morgan fingerprint density at radius 1 is 1.47 bits per heavy atom. The van der Waals surface area contributed by atoms with Gasteiger partial charge in [0.25, 0.3) is 0 Å². The highest BCUT2D eigenvalue weighted by Gasteiger charge is 2.09. The monoisotopic (exact) mass is 229 g/mol. The van der Waals surface area contributed by atoms with Crippen LogP contribution in [0.3, 0.4) is 0 Å². The molecule has 3 heteroatoms. The van der Waals surface area contributed by atoms with Gasteiger partial charge in [-0.2, -0.15) is 0 Å². The van der Waals surface area contributed by atoms with Crippen LogP contribution in [0.1, 0.15) is 38.3 Å². The van der Waals surface area contributed by atoms with Crippen LogP contribution in [0, 0.1) is 5.82 Å². The van der Waals surface area contributed by atoms with Gasteiger partial charge in [-0.15, -0.1) is 0 Å². The average molecular weight is 230 g/mol. The van der Waals surface area contributed by atoms with E-state index in [4.69, 9.17) is 11.6 Å². The highest BCUT2D eigenvalue weighted by atomic mass is 35.5. The fraction of sp³-hybridized carbons (Fsp3) is 0.500. The molecule has 0 radical (unpaired) electrons. The van der Waals surface area contributed by atoms with Gasteiger partial charge in [0, 0.05) is 11.1 Å². The Bertz CT molecular complexity index is 314. The van der Waals surface area contributed by atoms with Crippen LogP contribution in [0.25, 0.3) is 0 Å². The second-order valence-electron chi connectivity index (χ2n) is 3.70. The summed E-state index contributed by atoms with van der Waals surface area (Å²) in [6.07, 6.45) is 2.31. The molecule has 0 saturated carbocycles. The van der Waals surface area contributed by atoms with Crippen LogP contribution < -0.4 is 5.32 Å². The predicted octanol–water partition coefficient (Wildman–Crippen LogP) is 3.93. The Morgan fingerprint density at radius 2 is 2.20 bits per heavy atom. The van der Waals surface area contributed by atoms with E-state index >= 15 is 0 Å². The van der Waals surface area contributed by atoms with E-state index < -0.39 is 0 Å². The summed E-state index contributed by atoms with van der Waals surface area (Å²) in [4.78, 5) is 0. The molecule has 0 fully saturated rings. The van der Waals surface area contributed by atoms with E-state index in [1.54, 1.807) is 6.07 Å². The second-order valence-corrected chi connectivity index (χ2v) is 4.10. The van der Waals surface area contributed by atoms with Crippen molar-refractivity contribution in [3.8, 4) is 0 Å². The maximum atomic E-state index is 12.8. The van der Waals surface area contributed by atoms with Gasteiger partial charge in [-0.05, 0) is 37.6 Å². The molecular formula is C12H17ClFN. The van der Waals surface area contributed by atoms with Crippen LogP contribution in [0.15, 0.2) is 18.2 Å². The number of nitrogens with one attached hydrogen (secondary N) is 1. The van der Waals surface area contributed by atoms with Crippen molar-refractivity contribution in [2.75, 3.05) is 6.54 Å². The van der Waals surface area contributed by atoms with Crippen LogP contribution in [-0.2, 0) is 0 Å². The molecule has 1 atom stereocenters. The third-order valence-corrected chi connectivity index (χ3v) is 2.74. The number of benzene rings is 1. The van der Waals surface area contributed by atoms with E-state index in [0.717, 1.165) is 24.9 Å². The molecule has 0 bridgehead atoms. The lowest BCUT2D eigenvalue weighted by molar-refractivity contribution is 0.552. The third-order valence-electron chi connectivity index (χ3n) is 2.41. The van der Waals surface area contributed by atoms with Crippen LogP contribution in [-0.4, -0.2) is 6.54 Å². The Hall–Kier alpha value is -0.600. The number of hydrogen-bond donors (Lipinski definition) is 1. The molecule has 1 rings (SSSR count). The van der Waals surface area contributed by atoms with E-state index in [2.05, 4.69) is 12.2 Å². The molecule has 0 aliphatic carbocycles. The highest BCUT2D eigenvalue weighted by molar-refractivity contribution is 6.31. The number of hydrogen-bond acceptors (Lipinski definition) is 1. The first-order valence-corrected chi connectivity index (χ1v) is 5.71. The van der Waals surface area contributed by atoms with Gasteiger partial charge in [0.1, 0.15) is 5.82 Å². The van der Waals surface area contributed by atoms with Crippen molar-refractivity contribution in [2.45, 2.75) is 32.7 Å². The van der Waals surface area contributed by atoms with Gasteiger partial charge in [-0.1, -0.05) is 31.0 Å². The van der Waals surface area contributed by atoms with Crippen LogP contribution >= 0.6 is 11.6 Å². The lowest BCUT2D eigenvalue weighted by Crippen LogP contribution is -2.20. The molecule has 1 N–H and O–H groups in total. The molecule has 15 heavy (non-hydrogen) atoms. The van der Waals surface area contributed by atoms with Crippen LogP contribution in [0.2, 0.25) is 5.02 Å². The molecular weight excluding hydrogens is 213 g/mol. The Labute approximate surface area is 95.6 Å². The van der Waals surface area contributed by atoms with Gasteiger partial charge in [0.2, 0.25) is 0 Å². The molecule has 0 saturated heterocycles. The normalized spacial score (nSPS) is 12.8. The van der Waals surface area contributed by atoms with Crippen LogP contribution in [0.5, 0.6) is 0 Å². The quantitative estimate of drug-likeness (QED) is 0.755. The van der Waals surface area contributed by atoms with Crippen molar-refractivity contribution in [2.24, 2.45) is 0 Å². The Morgan fingerprint density at radius 3 is 2.80 bits per heavy atom. The van der Waals surface area contributed by atoms with Gasteiger partial charge in [-0.3, -0.25) is 0 Å². The standard InChI is InChI=1S/C12H17ClFN/c1-3-4-7-15-9(2)11-6-5-10(14)8-12(11)13/h5-6,8-9,15H,3-4,7H2,1-2H3. The molecule has 1 unspecified atom stereocenters. The molecule has 1 aromatic rings. The molecule has 0 aromatic heterocycles. The minimum Gasteiger partial charge on any atom is -0.310 e. The van der Waals surface area contributed by atoms with Crippen molar-refractivity contribution in [1.29, 1.82) is 0 Å². The molecule has 0 aliphatic rings. The second kappa shape index (κ2) is 6.09. The smallest absolute Gasteiger partial charge is 0.124 e. The van der Waals surface area contributed by atoms with Gasteiger partial charge < -0.3 is 5.32 Å². The minimum atomic E-state index is -0.287. The SMILES string of the molecule is CCCCNC(C)c1ccc(F)cc1Cl. The van der Waals surface area contributed by atoms with Gasteiger partial charge >= 0.3 is 0 Å². The van der Waals surface area contributed by atoms with Crippen molar-refractivity contribution in [3.05, 3.63) is 34.6 Å². The first-order chi connectivity index (χ1) is 7.15. The average Bonchev–Trinajstić information content (AvgIpc) is 2.17. The van der Waals surface area contributed by atoms with Crippen molar-refractivity contribution in [1.82, 2.24) is 5.32 Å². The van der Waals surface area contributed by atoms with E-state index in [0.29, 0.717) is 5.02 Å². The summed E-state index contributed by atoms with van der Waals surface area (Å²) in [6, 6.07) is 4.71. The maximum absolute atomic E-state index is 12.8. The zero-order valence-electron chi connectivity index (χ0n) is 9.19. The van der Waals surface area contributed by atoms with Crippen molar-refractivity contribution in [3.63, 3.8) is 0 Å². The zero-order chi connectivity index (χ0) is 11.3. The molecule has 0 amide bonds. The largest absolute Gasteiger partial charge is 0.310 e. The van der Waals surface area contributed by atoms with Crippen molar-refractivity contribution < 1.29 is 4.39 Å². The van der Waals surface area contributed by atoms with Gasteiger partial charge in [0.05, 0.1) is 0 Å². The number of halogens is 2. The van der Waals surface area contributed by atoms with Crippen LogP contribution in [0.4, 0.5) is 4.39 Å². The lowest BCUT2D eigenvalue weighted by Gasteiger charge is -2.15. The van der Waals surface area contributed by atoms with Gasteiger partial charge in [0.15, 0.2) is 0 Å². The molecule has 0 spiro atoms. The summed E-state index contributed by atoms with van der Waals surface area (Å²) in [5.41, 5.74) is 0.953. The fourth-order valence-electron chi connectivity index (χ4n) is 1.46. The summed E-state index contributed by atoms with van der Waals surface area (Å²) >= 11 is 5.96. The molecule has 84 valence electrons. The fourth-order valence-corrected chi connectivity index (χ4v) is 1.79. The summed E-state index contributed by atoms with van der Waals surface area (Å²) in [7, 11) is 0. The lowest BCUT2D eigenvalue weighted by atomic mass is 10.1. The van der Waals surface area contributed by atoms with E-state index in [-0.39, 0.29) is 11.9 Å². The highest BCUT2D eigenvalue weighted by Crippen LogP contribution is 2.23. The van der Waals surface area contributed by atoms with E-state index in [1.165, 1.54) is 12.1 Å². The number of unbranched alkanes of at least 4 members (excludes halogenated alkanes) is 1. The summed E-state index contributed by atoms with van der Waals surface area (Å²) in [5, 5.41) is 3.85. The summed E-state index contributed by atoms with van der Waals surface area (Å²) < 4.78 is 12.8. The van der Waals surface area contributed by atoms with E-state index in [1.807, 2.05) is 6.92 Å². The van der Waals surface area contributed by atoms with Gasteiger partial charge in [-0.25, -0.2) is 4.39 Å². The zero-order valence-corrected chi connectivity index (χ0v) is 9.94. The van der Waals surface area contributed by atoms with E-state index in [9.17, 15) is 4.39 Å². The van der Waals surface area contributed by atoms with Crippen molar-refractivity contribution >= 4 is 11.6 Å². The maximum Gasteiger partial charge on any atom is 0.124 e. The third kappa shape index (κ3) is 3.80. The summed E-state index contributed by atoms with van der Waals surface area (Å²) in [5.74, 6) is -0.287. The first kappa shape index (κ1) is 12.5. The molecule has 1 aromatic carbocycles. The first-order valence-electron chi connectivity index (χ1n) is 5.33. The predicted molar refractivity (Wildman–Crippen MR) is 62.7 cm³/mol. The summed E-state index contributed by atoms with van der Waals surface area (Å²) in [6.45, 7) is 5.15. The topological polar surface area (TPSA) is 12.0 Å².